The van der Waals surface area contributed by atoms with Crippen molar-refractivity contribution in [3.05, 3.63) is 102 Å². The number of nitrogens with zero attached hydrogens (tertiary/aromatic N) is 2. The predicted molar refractivity (Wildman–Crippen MR) is 143 cm³/mol. The molecule has 0 aromatic heterocycles. The summed E-state index contributed by atoms with van der Waals surface area (Å²) in [6.07, 6.45) is -12.0. The molecule has 0 aliphatic carbocycles. The van der Waals surface area contributed by atoms with E-state index in [0.29, 0.717) is 36.4 Å². The van der Waals surface area contributed by atoms with Crippen LogP contribution in [0.2, 0.25) is 0 Å². The summed E-state index contributed by atoms with van der Waals surface area (Å²) >= 11 is 0. The minimum atomic E-state index is -6.02. The molecule has 4 aromatic carbocycles. The Morgan fingerprint density at radius 3 is 1.86 bits per heavy atom. The van der Waals surface area contributed by atoms with Crippen LogP contribution >= 0.6 is 0 Å². The summed E-state index contributed by atoms with van der Waals surface area (Å²) in [6.45, 7) is 0. The van der Waals surface area contributed by atoms with Gasteiger partial charge in [-0.15, -0.1) is 5.11 Å². The summed E-state index contributed by atoms with van der Waals surface area (Å²) in [6, 6.07) is 14.1. The second-order valence-electron chi connectivity index (χ2n) is 9.06. The molecule has 0 aliphatic rings. The van der Waals surface area contributed by atoms with Gasteiger partial charge in [0, 0.05) is 16.9 Å². The van der Waals surface area contributed by atoms with E-state index in [-0.39, 0.29) is 22.6 Å². The van der Waals surface area contributed by atoms with Crippen molar-refractivity contribution in [3.63, 3.8) is 0 Å². The minimum absolute atomic E-state index is 0.0635. The van der Waals surface area contributed by atoms with Gasteiger partial charge in [-0.3, -0.25) is 4.79 Å². The molecule has 0 saturated heterocycles. The van der Waals surface area contributed by atoms with Gasteiger partial charge < -0.3 is 27.0 Å². The first kappa shape index (κ1) is 29.7. The van der Waals surface area contributed by atoms with Gasteiger partial charge in [0.05, 0.1) is 11.4 Å². The molecule has 8 nitrogen and oxygen atoms in total. The fraction of sp³-hybridized carbons (Fsp3) is 0.107. The van der Waals surface area contributed by atoms with Crippen LogP contribution in [0.1, 0.15) is 21.5 Å². The number of benzene rings is 4. The lowest BCUT2D eigenvalue weighted by Gasteiger charge is -2.38. The van der Waals surface area contributed by atoms with E-state index < -0.39 is 57.7 Å². The third kappa shape index (κ3) is 5.64. The zero-order valence-electron chi connectivity index (χ0n) is 21.2. The number of phenolic OH excluding ortho intramolecular Hbond substituents is 2. The molecule has 0 unspecified atom stereocenters. The molecule has 0 saturated carbocycles. The SMILES string of the molecule is Nc1cccc(/N=N/c2cc(C(c3ccc(O)c(NC(=O)c4cccc(N)c4)c3)(C(F)(F)F)C(F)(F)F)ccc2O)c1. The number of alkyl halides is 6. The average molecular weight is 589 g/mol. The molecule has 0 aliphatic heterocycles. The van der Waals surface area contributed by atoms with E-state index in [9.17, 15) is 41.4 Å². The molecule has 14 heteroatoms. The molecule has 0 spiro atoms. The molecule has 7 N–H and O–H groups in total. The molecule has 0 atom stereocenters. The number of hydrogen-bond donors (Lipinski definition) is 5. The number of nitrogens with one attached hydrogen (secondary N) is 1. The maximum absolute atomic E-state index is 14.8. The Morgan fingerprint density at radius 2 is 1.26 bits per heavy atom. The number of nitrogen functional groups attached to an aromatic ring is 2. The van der Waals surface area contributed by atoms with Crippen LogP contribution in [-0.2, 0) is 5.41 Å². The standard InChI is InChI=1S/C28H21F6N5O3/c29-27(30,31)26(28(32,33)34,17-8-10-24(41)22(13-17)39-38-20-6-2-5-19(36)14-20)16-7-9-23(40)21(12-16)37-25(42)15-3-1-4-18(35)11-15/h1-14,40-41H,35-36H2,(H,37,42)/b39-38+. The normalized spacial score (nSPS) is 12.4. The highest BCUT2D eigenvalue weighted by Gasteiger charge is 2.72. The number of carbonyl (C=O) groups is 1. The smallest absolute Gasteiger partial charge is 0.411 e. The van der Waals surface area contributed by atoms with E-state index in [1.54, 1.807) is 0 Å². The Balaban J connectivity index is 1.88. The van der Waals surface area contributed by atoms with Crippen LogP contribution in [0.15, 0.2) is 95.2 Å². The number of carbonyl (C=O) groups excluding carboxylic acids is 1. The van der Waals surface area contributed by atoms with Gasteiger partial charge in [-0.05, 0) is 71.8 Å². The number of halogens is 6. The maximum atomic E-state index is 14.8. The van der Waals surface area contributed by atoms with Gasteiger partial charge in [-0.1, -0.05) is 24.3 Å². The molecule has 0 heterocycles. The maximum Gasteiger partial charge on any atom is 0.411 e. The Morgan fingerprint density at radius 1 is 0.690 bits per heavy atom. The van der Waals surface area contributed by atoms with Crippen LogP contribution in [0.5, 0.6) is 11.5 Å². The van der Waals surface area contributed by atoms with Gasteiger partial charge in [-0.25, -0.2) is 0 Å². The van der Waals surface area contributed by atoms with E-state index in [1.165, 1.54) is 48.5 Å². The highest BCUT2D eigenvalue weighted by molar-refractivity contribution is 6.05. The van der Waals surface area contributed by atoms with Gasteiger partial charge in [-0.2, -0.15) is 31.5 Å². The Kier molecular flexibility index (Phi) is 7.75. The summed E-state index contributed by atoms with van der Waals surface area (Å²) in [5.74, 6) is -2.49. The molecule has 42 heavy (non-hydrogen) atoms. The molecule has 1 amide bonds. The largest absolute Gasteiger partial charge is 0.506 e. The van der Waals surface area contributed by atoms with Crippen LogP contribution in [0, 0.1) is 0 Å². The summed E-state index contributed by atoms with van der Waals surface area (Å²) in [7, 11) is 0. The predicted octanol–water partition coefficient (Wildman–Crippen LogP) is 7.34. The molecule has 218 valence electrons. The summed E-state index contributed by atoms with van der Waals surface area (Å²) in [5, 5.41) is 29.9. The minimum Gasteiger partial charge on any atom is -0.506 e. The number of rotatable bonds is 6. The van der Waals surface area contributed by atoms with E-state index in [2.05, 4.69) is 15.5 Å². The number of amides is 1. The number of aromatic hydroxyl groups is 2. The number of azo groups is 1. The van der Waals surface area contributed by atoms with Crippen molar-refractivity contribution in [1.82, 2.24) is 0 Å². The Labute approximate surface area is 233 Å². The Hall–Kier alpha value is -5.27. The fourth-order valence-electron chi connectivity index (χ4n) is 4.26. The number of anilines is 3. The van der Waals surface area contributed by atoms with Crippen molar-refractivity contribution in [2.45, 2.75) is 17.8 Å². The van der Waals surface area contributed by atoms with Gasteiger partial charge in [0.15, 0.2) is 0 Å². The topological polar surface area (TPSA) is 146 Å². The second kappa shape index (κ2) is 11.0. The van der Waals surface area contributed by atoms with Crippen LogP contribution in [0.4, 0.5) is 54.8 Å². The quantitative estimate of drug-likeness (QED) is 0.0691. The first-order valence-electron chi connectivity index (χ1n) is 11.9. The fourth-order valence-corrected chi connectivity index (χ4v) is 4.26. The van der Waals surface area contributed by atoms with E-state index in [4.69, 9.17) is 11.5 Å². The number of nitrogens with two attached hydrogens (primary N) is 2. The van der Waals surface area contributed by atoms with E-state index in [1.807, 2.05) is 0 Å². The van der Waals surface area contributed by atoms with Crippen molar-refractivity contribution in [1.29, 1.82) is 0 Å². The van der Waals surface area contributed by atoms with Crippen molar-refractivity contribution < 1.29 is 41.4 Å². The lowest BCUT2D eigenvalue weighted by atomic mass is 9.72. The third-order valence-corrected chi connectivity index (χ3v) is 6.23. The van der Waals surface area contributed by atoms with Gasteiger partial charge in [0.1, 0.15) is 17.2 Å². The van der Waals surface area contributed by atoms with Crippen LogP contribution in [0.3, 0.4) is 0 Å². The third-order valence-electron chi connectivity index (χ3n) is 6.23. The van der Waals surface area contributed by atoms with Crippen molar-refractivity contribution in [2.24, 2.45) is 10.2 Å². The van der Waals surface area contributed by atoms with Crippen molar-refractivity contribution >= 4 is 34.3 Å². The molecule has 4 aromatic rings. The molecule has 0 bridgehead atoms. The van der Waals surface area contributed by atoms with Crippen molar-refractivity contribution in [3.8, 4) is 11.5 Å². The monoisotopic (exact) mass is 589 g/mol. The highest BCUT2D eigenvalue weighted by atomic mass is 19.4. The van der Waals surface area contributed by atoms with Crippen molar-refractivity contribution in [2.75, 3.05) is 16.8 Å². The van der Waals surface area contributed by atoms with Crippen LogP contribution in [-0.4, -0.2) is 28.5 Å². The average Bonchev–Trinajstić information content (AvgIpc) is 2.89. The van der Waals surface area contributed by atoms with Crippen LogP contribution < -0.4 is 16.8 Å². The summed E-state index contributed by atoms with van der Waals surface area (Å²) in [5.41, 5.74) is 2.91. The molecular weight excluding hydrogens is 568 g/mol. The number of hydrogen-bond acceptors (Lipinski definition) is 7. The van der Waals surface area contributed by atoms with Crippen LogP contribution in [0.25, 0.3) is 0 Å². The van der Waals surface area contributed by atoms with Gasteiger partial charge >= 0.3 is 12.4 Å². The first-order valence-corrected chi connectivity index (χ1v) is 11.9. The second-order valence-corrected chi connectivity index (χ2v) is 9.06. The van der Waals surface area contributed by atoms with Gasteiger partial charge in [0.2, 0.25) is 5.41 Å². The first-order chi connectivity index (χ1) is 19.6. The zero-order chi connectivity index (χ0) is 30.9. The molecule has 0 radical (unpaired) electrons. The summed E-state index contributed by atoms with van der Waals surface area (Å²) in [4.78, 5) is 12.7. The highest BCUT2D eigenvalue weighted by Crippen LogP contribution is 2.57. The number of phenols is 2. The molecule has 0 fully saturated rings. The zero-order valence-corrected chi connectivity index (χ0v) is 21.2. The molecular formula is C28H21F6N5O3. The lowest BCUT2D eigenvalue weighted by molar-refractivity contribution is -0.288. The van der Waals surface area contributed by atoms with E-state index in [0.717, 1.165) is 0 Å². The lowest BCUT2D eigenvalue weighted by Crippen LogP contribution is -2.54. The van der Waals surface area contributed by atoms with Gasteiger partial charge in [0.25, 0.3) is 5.91 Å². The Bertz CT molecular complexity index is 1660. The summed E-state index contributed by atoms with van der Waals surface area (Å²) < 4.78 is 88.6. The molecule has 4 rings (SSSR count). The van der Waals surface area contributed by atoms with E-state index >= 15 is 0 Å².